The molecule has 3 N–H and O–H groups in total. The Balaban J connectivity index is 2.08. The molecular formula is C11H15NO2. The summed E-state index contributed by atoms with van der Waals surface area (Å²) in [6.07, 6.45) is 1.53. The van der Waals surface area contributed by atoms with Gasteiger partial charge in [-0.05, 0) is 30.5 Å². The fourth-order valence-electron chi connectivity index (χ4n) is 1.87. The first kappa shape index (κ1) is 9.49. The van der Waals surface area contributed by atoms with Crippen molar-refractivity contribution in [2.24, 2.45) is 0 Å². The molecule has 3 nitrogen and oxygen atoms in total. The van der Waals surface area contributed by atoms with E-state index in [9.17, 15) is 10.2 Å². The summed E-state index contributed by atoms with van der Waals surface area (Å²) in [5.41, 5.74) is 1.09. The number of hydrogen-bond donors (Lipinski definition) is 3. The molecule has 3 heteroatoms. The molecule has 2 rings (SSSR count). The number of phenolic OH excluding ortho intramolecular Hbond substituents is 1. The monoisotopic (exact) mass is 193 g/mol. The Morgan fingerprint density at radius 1 is 1.29 bits per heavy atom. The van der Waals surface area contributed by atoms with Gasteiger partial charge in [0, 0.05) is 12.6 Å². The molecule has 1 aromatic carbocycles. The van der Waals surface area contributed by atoms with Gasteiger partial charge in [0.2, 0.25) is 0 Å². The number of hydrogen-bond acceptors (Lipinski definition) is 3. The summed E-state index contributed by atoms with van der Waals surface area (Å²) in [5, 5.41) is 21.9. The molecule has 1 heterocycles. The number of phenols is 1. The molecule has 2 atom stereocenters. The first-order valence-electron chi connectivity index (χ1n) is 4.96. The molecule has 0 saturated carbocycles. The lowest BCUT2D eigenvalue weighted by Crippen LogP contribution is -2.36. The zero-order chi connectivity index (χ0) is 9.97. The van der Waals surface area contributed by atoms with Gasteiger partial charge in [-0.15, -0.1) is 0 Å². The summed E-state index contributed by atoms with van der Waals surface area (Å²) in [7, 11) is 0. The third kappa shape index (κ3) is 2.05. The van der Waals surface area contributed by atoms with Crippen molar-refractivity contribution in [2.75, 3.05) is 6.54 Å². The lowest BCUT2D eigenvalue weighted by atomic mass is 9.96. The van der Waals surface area contributed by atoms with E-state index in [1.807, 2.05) is 12.1 Å². The number of aliphatic hydroxyl groups is 1. The molecule has 2 unspecified atom stereocenters. The second-order valence-electron chi connectivity index (χ2n) is 3.79. The number of benzene rings is 1. The Labute approximate surface area is 83.4 Å². The Morgan fingerprint density at radius 2 is 2.14 bits per heavy atom. The van der Waals surface area contributed by atoms with E-state index in [1.54, 1.807) is 12.1 Å². The molecule has 0 aromatic heterocycles. The smallest absolute Gasteiger partial charge is 0.115 e. The quantitative estimate of drug-likeness (QED) is 0.627. The molecule has 76 valence electrons. The van der Waals surface area contributed by atoms with Crippen LogP contribution in [-0.2, 0) is 0 Å². The summed E-state index contributed by atoms with van der Waals surface area (Å²) in [6.45, 7) is 0.639. The van der Waals surface area contributed by atoms with Crippen LogP contribution in [0.1, 0.15) is 24.4 Å². The SMILES string of the molecule is Oc1cccc(C2CCC(O)CN2)c1. The fourth-order valence-corrected chi connectivity index (χ4v) is 1.87. The van der Waals surface area contributed by atoms with Gasteiger partial charge in [0.1, 0.15) is 5.75 Å². The number of piperidine rings is 1. The van der Waals surface area contributed by atoms with Crippen LogP contribution >= 0.6 is 0 Å². The van der Waals surface area contributed by atoms with Gasteiger partial charge in [-0.3, -0.25) is 0 Å². The summed E-state index contributed by atoms with van der Waals surface area (Å²) in [4.78, 5) is 0. The van der Waals surface area contributed by atoms with Crippen molar-refractivity contribution < 1.29 is 10.2 Å². The highest BCUT2D eigenvalue weighted by atomic mass is 16.3. The molecule has 1 fully saturated rings. The Morgan fingerprint density at radius 3 is 2.79 bits per heavy atom. The van der Waals surface area contributed by atoms with Crippen molar-refractivity contribution in [2.45, 2.75) is 25.0 Å². The maximum Gasteiger partial charge on any atom is 0.115 e. The van der Waals surface area contributed by atoms with Gasteiger partial charge in [0.15, 0.2) is 0 Å². The van der Waals surface area contributed by atoms with Gasteiger partial charge in [0.05, 0.1) is 6.10 Å². The second-order valence-corrected chi connectivity index (χ2v) is 3.79. The highest BCUT2D eigenvalue weighted by Crippen LogP contribution is 2.25. The molecule has 1 aromatic rings. The van der Waals surface area contributed by atoms with Gasteiger partial charge < -0.3 is 15.5 Å². The molecule has 0 aliphatic carbocycles. The van der Waals surface area contributed by atoms with Crippen LogP contribution in [-0.4, -0.2) is 22.9 Å². The average Bonchev–Trinajstić information content (AvgIpc) is 2.19. The Hall–Kier alpha value is -1.06. The Kier molecular flexibility index (Phi) is 2.70. The van der Waals surface area contributed by atoms with Crippen LogP contribution in [0.4, 0.5) is 0 Å². The third-order valence-corrected chi connectivity index (χ3v) is 2.66. The van der Waals surface area contributed by atoms with E-state index in [0.29, 0.717) is 12.3 Å². The van der Waals surface area contributed by atoms with Crippen LogP contribution in [0.3, 0.4) is 0 Å². The predicted octanol–water partition coefficient (Wildman–Crippen LogP) is 1.18. The number of aliphatic hydroxyl groups excluding tert-OH is 1. The molecule has 1 saturated heterocycles. The van der Waals surface area contributed by atoms with Crippen molar-refractivity contribution in [3.8, 4) is 5.75 Å². The topological polar surface area (TPSA) is 52.5 Å². The van der Waals surface area contributed by atoms with Gasteiger partial charge in [0.25, 0.3) is 0 Å². The van der Waals surface area contributed by atoms with E-state index in [4.69, 9.17) is 0 Å². The van der Waals surface area contributed by atoms with Crippen LogP contribution in [0, 0.1) is 0 Å². The maximum atomic E-state index is 9.32. The molecule has 14 heavy (non-hydrogen) atoms. The molecule has 1 aliphatic heterocycles. The fraction of sp³-hybridized carbons (Fsp3) is 0.455. The van der Waals surface area contributed by atoms with E-state index < -0.39 is 0 Å². The first-order chi connectivity index (χ1) is 6.75. The second kappa shape index (κ2) is 3.98. The van der Waals surface area contributed by atoms with Crippen molar-refractivity contribution >= 4 is 0 Å². The van der Waals surface area contributed by atoms with Crippen LogP contribution < -0.4 is 5.32 Å². The van der Waals surface area contributed by atoms with Crippen molar-refractivity contribution in [1.29, 1.82) is 0 Å². The minimum absolute atomic E-state index is 0.219. The number of nitrogens with one attached hydrogen (secondary N) is 1. The lowest BCUT2D eigenvalue weighted by Gasteiger charge is -2.27. The summed E-state index contributed by atoms with van der Waals surface area (Å²) >= 11 is 0. The highest BCUT2D eigenvalue weighted by Gasteiger charge is 2.19. The largest absolute Gasteiger partial charge is 0.508 e. The zero-order valence-corrected chi connectivity index (χ0v) is 7.98. The summed E-state index contributed by atoms with van der Waals surface area (Å²) in [5.74, 6) is 0.301. The minimum Gasteiger partial charge on any atom is -0.508 e. The lowest BCUT2D eigenvalue weighted by molar-refractivity contribution is 0.126. The number of β-amino-alcohol motifs (C(OH)–C–C–N with tert-alkyl or cyclic N) is 1. The van der Waals surface area contributed by atoms with E-state index in [-0.39, 0.29) is 12.1 Å². The number of rotatable bonds is 1. The van der Waals surface area contributed by atoms with Crippen LogP contribution in [0.15, 0.2) is 24.3 Å². The summed E-state index contributed by atoms with van der Waals surface area (Å²) < 4.78 is 0. The van der Waals surface area contributed by atoms with Gasteiger partial charge in [-0.25, -0.2) is 0 Å². The standard InChI is InChI=1S/C11H15NO2/c13-9-3-1-2-8(6-9)11-5-4-10(14)7-12-11/h1-3,6,10-14H,4-5,7H2. The van der Waals surface area contributed by atoms with Gasteiger partial charge in [-0.2, -0.15) is 0 Å². The normalized spacial score (nSPS) is 27.5. The van der Waals surface area contributed by atoms with E-state index in [1.165, 1.54) is 0 Å². The minimum atomic E-state index is -0.219. The molecular weight excluding hydrogens is 178 g/mol. The molecule has 0 radical (unpaired) electrons. The average molecular weight is 193 g/mol. The summed E-state index contributed by atoms with van der Waals surface area (Å²) in [6, 6.07) is 7.55. The molecule has 0 amide bonds. The van der Waals surface area contributed by atoms with E-state index >= 15 is 0 Å². The van der Waals surface area contributed by atoms with E-state index in [0.717, 1.165) is 18.4 Å². The molecule has 0 bridgehead atoms. The molecule has 0 spiro atoms. The highest BCUT2D eigenvalue weighted by molar-refractivity contribution is 5.29. The van der Waals surface area contributed by atoms with Crippen LogP contribution in [0.2, 0.25) is 0 Å². The molecule has 1 aliphatic rings. The number of aromatic hydroxyl groups is 1. The first-order valence-corrected chi connectivity index (χ1v) is 4.96. The zero-order valence-electron chi connectivity index (χ0n) is 7.98. The van der Waals surface area contributed by atoms with Gasteiger partial charge in [-0.1, -0.05) is 12.1 Å². The van der Waals surface area contributed by atoms with Crippen LogP contribution in [0.5, 0.6) is 5.75 Å². The van der Waals surface area contributed by atoms with Crippen molar-refractivity contribution in [3.63, 3.8) is 0 Å². The Bertz CT molecular complexity index is 306. The van der Waals surface area contributed by atoms with E-state index in [2.05, 4.69) is 5.32 Å². The van der Waals surface area contributed by atoms with Gasteiger partial charge >= 0.3 is 0 Å². The van der Waals surface area contributed by atoms with Crippen molar-refractivity contribution in [3.05, 3.63) is 29.8 Å². The predicted molar refractivity (Wildman–Crippen MR) is 54.1 cm³/mol. The van der Waals surface area contributed by atoms with Crippen LogP contribution in [0.25, 0.3) is 0 Å². The van der Waals surface area contributed by atoms with Crippen molar-refractivity contribution in [1.82, 2.24) is 5.32 Å². The third-order valence-electron chi connectivity index (χ3n) is 2.66. The maximum absolute atomic E-state index is 9.32.